The Kier molecular flexibility index (Phi) is 3.03. The van der Waals surface area contributed by atoms with Crippen LogP contribution in [0, 0.1) is 0 Å². The van der Waals surface area contributed by atoms with Gasteiger partial charge in [0.25, 0.3) is 0 Å². The standard InChI is InChI=1S/C14H16N2O3/c1-2-18-13-5-3-4-12-11(13)6-7-16(12)9-10-8-15-14(17)19-10/h3-7,10H,2,8-9H2,1H3,(H,15,17). The Morgan fingerprint density at radius 1 is 1.47 bits per heavy atom. The topological polar surface area (TPSA) is 52.5 Å². The molecule has 5 nitrogen and oxygen atoms in total. The van der Waals surface area contributed by atoms with Crippen LogP contribution in [0.4, 0.5) is 4.79 Å². The molecular formula is C14H16N2O3. The van der Waals surface area contributed by atoms with Gasteiger partial charge in [-0.05, 0) is 25.1 Å². The second-order valence-corrected chi connectivity index (χ2v) is 4.50. The van der Waals surface area contributed by atoms with Gasteiger partial charge < -0.3 is 19.4 Å². The summed E-state index contributed by atoms with van der Waals surface area (Å²) in [5.74, 6) is 0.889. The highest BCUT2D eigenvalue weighted by atomic mass is 16.6. The Morgan fingerprint density at radius 3 is 3.11 bits per heavy atom. The molecule has 1 aromatic heterocycles. The molecule has 0 radical (unpaired) electrons. The van der Waals surface area contributed by atoms with Crippen LogP contribution in [-0.2, 0) is 11.3 Å². The van der Waals surface area contributed by atoms with Crippen molar-refractivity contribution in [3.8, 4) is 5.75 Å². The molecule has 0 spiro atoms. The fraction of sp³-hybridized carbons (Fsp3) is 0.357. The predicted octanol–water partition coefficient (Wildman–Crippen LogP) is 2.15. The first-order valence-corrected chi connectivity index (χ1v) is 6.43. The van der Waals surface area contributed by atoms with Gasteiger partial charge in [-0.1, -0.05) is 6.07 Å². The molecule has 100 valence electrons. The molecule has 2 heterocycles. The molecule has 1 atom stereocenters. The van der Waals surface area contributed by atoms with Crippen LogP contribution in [0.2, 0.25) is 0 Å². The molecule has 0 aliphatic carbocycles. The van der Waals surface area contributed by atoms with Crippen molar-refractivity contribution >= 4 is 17.0 Å². The largest absolute Gasteiger partial charge is 0.493 e. The second-order valence-electron chi connectivity index (χ2n) is 4.50. The van der Waals surface area contributed by atoms with E-state index in [-0.39, 0.29) is 12.2 Å². The van der Waals surface area contributed by atoms with Crippen molar-refractivity contribution in [3.63, 3.8) is 0 Å². The number of alkyl carbamates (subject to hydrolysis) is 1. The van der Waals surface area contributed by atoms with Crippen LogP contribution >= 0.6 is 0 Å². The number of benzene rings is 1. The van der Waals surface area contributed by atoms with Gasteiger partial charge in [0.05, 0.1) is 25.2 Å². The fourth-order valence-electron chi connectivity index (χ4n) is 2.39. The third-order valence-electron chi connectivity index (χ3n) is 3.22. The lowest BCUT2D eigenvalue weighted by atomic mass is 10.2. The number of aromatic nitrogens is 1. The van der Waals surface area contributed by atoms with Gasteiger partial charge in [0.2, 0.25) is 0 Å². The highest BCUT2D eigenvalue weighted by Crippen LogP contribution is 2.27. The highest BCUT2D eigenvalue weighted by Gasteiger charge is 2.23. The van der Waals surface area contributed by atoms with Gasteiger partial charge in [0, 0.05) is 11.6 Å². The van der Waals surface area contributed by atoms with Crippen molar-refractivity contribution in [2.45, 2.75) is 19.6 Å². The maximum atomic E-state index is 11.0. The normalized spacial score (nSPS) is 18.4. The SMILES string of the molecule is CCOc1cccc2c1ccn2CC1CNC(=O)O1. The Labute approximate surface area is 111 Å². The summed E-state index contributed by atoms with van der Waals surface area (Å²) in [6.45, 7) is 3.83. The highest BCUT2D eigenvalue weighted by molar-refractivity contribution is 5.86. The van der Waals surface area contributed by atoms with E-state index in [4.69, 9.17) is 9.47 Å². The number of nitrogens with one attached hydrogen (secondary N) is 1. The van der Waals surface area contributed by atoms with E-state index < -0.39 is 0 Å². The average molecular weight is 260 g/mol. The number of carbonyl (C=O) groups is 1. The third kappa shape index (κ3) is 2.23. The van der Waals surface area contributed by atoms with Gasteiger partial charge in [0.15, 0.2) is 0 Å². The molecule has 1 saturated heterocycles. The monoisotopic (exact) mass is 260 g/mol. The number of fused-ring (bicyclic) bond motifs is 1. The van der Waals surface area contributed by atoms with Crippen molar-refractivity contribution in [3.05, 3.63) is 30.5 Å². The van der Waals surface area contributed by atoms with Crippen LogP contribution in [0.3, 0.4) is 0 Å². The zero-order valence-electron chi connectivity index (χ0n) is 10.8. The Balaban J connectivity index is 1.88. The first-order chi connectivity index (χ1) is 9.28. The molecule has 1 aliphatic heterocycles. The van der Waals surface area contributed by atoms with Crippen molar-refractivity contribution in [2.24, 2.45) is 0 Å². The zero-order valence-corrected chi connectivity index (χ0v) is 10.8. The van der Waals surface area contributed by atoms with Crippen molar-refractivity contribution < 1.29 is 14.3 Å². The van der Waals surface area contributed by atoms with Crippen molar-refractivity contribution in [1.29, 1.82) is 0 Å². The van der Waals surface area contributed by atoms with Gasteiger partial charge >= 0.3 is 6.09 Å². The zero-order chi connectivity index (χ0) is 13.2. The van der Waals surface area contributed by atoms with E-state index >= 15 is 0 Å². The molecule has 1 unspecified atom stereocenters. The molecule has 1 N–H and O–H groups in total. The summed E-state index contributed by atoms with van der Waals surface area (Å²) in [6.07, 6.45) is 1.55. The van der Waals surface area contributed by atoms with E-state index in [9.17, 15) is 4.79 Å². The van der Waals surface area contributed by atoms with Gasteiger partial charge in [0.1, 0.15) is 11.9 Å². The molecule has 1 fully saturated rings. The van der Waals surface area contributed by atoms with Crippen LogP contribution in [-0.4, -0.2) is 29.9 Å². The minimum atomic E-state index is -0.337. The molecule has 1 aliphatic rings. The number of cyclic esters (lactones) is 1. The Hall–Kier alpha value is -2.17. The number of ether oxygens (including phenoxy) is 2. The molecule has 2 aromatic rings. The lowest BCUT2D eigenvalue weighted by Gasteiger charge is -2.11. The summed E-state index contributed by atoms with van der Waals surface area (Å²) in [5.41, 5.74) is 1.09. The maximum Gasteiger partial charge on any atom is 0.407 e. The number of rotatable bonds is 4. The summed E-state index contributed by atoms with van der Waals surface area (Å²) in [4.78, 5) is 11.0. The second kappa shape index (κ2) is 4.84. The van der Waals surface area contributed by atoms with E-state index in [0.29, 0.717) is 19.7 Å². The lowest BCUT2D eigenvalue weighted by molar-refractivity contribution is 0.131. The Morgan fingerprint density at radius 2 is 2.37 bits per heavy atom. The quantitative estimate of drug-likeness (QED) is 0.916. The summed E-state index contributed by atoms with van der Waals surface area (Å²) in [5, 5.41) is 3.75. The minimum Gasteiger partial charge on any atom is -0.493 e. The predicted molar refractivity (Wildman–Crippen MR) is 71.4 cm³/mol. The van der Waals surface area contributed by atoms with Crippen LogP contribution in [0.25, 0.3) is 10.9 Å². The van der Waals surface area contributed by atoms with E-state index in [1.54, 1.807) is 0 Å². The molecule has 19 heavy (non-hydrogen) atoms. The smallest absolute Gasteiger partial charge is 0.407 e. The lowest BCUT2D eigenvalue weighted by Crippen LogP contribution is -2.20. The van der Waals surface area contributed by atoms with Gasteiger partial charge in [-0.15, -0.1) is 0 Å². The van der Waals surface area contributed by atoms with Gasteiger partial charge in [-0.3, -0.25) is 0 Å². The summed E-state index contributed by atoms with van der Waals surface area (Å²) >= 11 is 0. The van der Waals surface area contributed by atoms with E-state index in [2.05, 4.69) is 9.88 Å². The number of nitrogens with zero attached hydrogens (tertiary/aromatic N) is 1. The van der Waals surface area contributed by atoms with Crippen molar-refractivity contribution in [2.75, 3.05) is 13.2 Å². The third-order valence-corrected chi connectivity index (χ3v) is 3.22. The van der Waals surface area contributed by atoms with Gasteiger partial charge in [-0.25, -0.2) is 4.79 Å². The summed E-state index contributed by atoms with van der Waals surface area (Å²) < 4.78 is 12.9. The van der Waals surface area contributed by atoms with E-state index in [1.165, 1.54) is 0 Å². The molecule has 3 rings (SSSR count). The molecule has 0 bridgehead atoms. The van der Waals surface area contributed by atoms with E-state index in [0.717, 1.165) is 16.7 Å². The maximum absolute atomic E-state index is 11.0. The number of hydrogen-bond donors (Lipinski definition) is 1. The molecule has 5 heteroatoms. The minimum absolute atomic E-state index is 0.112. The first kappa shape index (κ1) is 11.9. The average Bonchev–Trinajstić information content (AvgIpc) is 2.99. The van der Waals surface area contributed by atoms with Crippen LogP contribution in [0.1, 0.15) is 6.92 Å². The molecular weight excluding hydrogens is 244 g/mol. The van der Waals surface area contributed by atoms with E-state index in [1.807, 2.05) is 37.4 Å². The molecule has 0 saturated carbocycles. The Bertz CT molecular complexity index is 606. The number of hydrogen-bond acceptors (Lipinski definition) is 3. The first-order valence-electron chi connectivity index (χ1n) is 6.43. The summed E-state index contributed by atoms with van der Waals surface area (Å²) in [6, 6.07) is 8.02. The summed E-state index contributed by atoms with van der Waals surface area (Å²) in [7, 11) is 0. The number of amides is 1. The molecule has 1 amide bonds. The van der Waals surface area contributed by atoms with Crippen LogP contribution in [0.5, 0.6) is 5.75 Å². The van der Waals surface area contributed by atoms with Gasteiger partial charge in [-0.2, -0.15) is 0 Å². The van der Waals surface area contributed by atoms with Crippen LogP contribution in [0.15, 0.2) is 30.5 Å². The van der Waals surface area contributed by atoms with Crippen LogP contribution < -0.4 is 10.1 Å². The van der Waals surface area contributed by atoms with Crippen molar-refractivity contribution in [1.82, 2.24) is 9.88 Å². The molecule has 1 aromatic carbocycles. The fourth-order valence-corrected chi connectivity index (χ4v) is 2.39. The number of carbonyl (C=O) groups excluding carboxylic acids is 1.